The predicted molar refractivity (Wildman–Crippen MR) is 113 cm³/mol. The fourth-order valence-corrected chi connectivity index (χ4v) is 3.80. The highest BCUT2D eigenvalue weighted by molar-refractivity contribution is 5.53. The van der Waals surface area contributed by atoms with Crippen LogP contribution >= 0.6 is 0 Å². The second-order valence-electron chi connectivity index (χ2n) is 12.1. The SMILES string of the molecule is CC(C)c1nc(C(C)(C)C)c(C(C)(C)C)c(C(C)(C)C)c1C(C)(C)C. The molecule has 144 valence electrons. The van der Waals surface area contributed by atoms with Crippen LogP contribution in [0.25, 0.3) is 0 Å². The highest BCUT2D eigenvalue weighted by Crippen LogP contribution is 2.46. The van der Waals surface area contributed by atoms with E-state index in [1.807, 2.05) is 0 Å². The van der Waals surface area contributed by atoms with E-state index in [1.165, 1.54) is 28.1 Å². The molecule has 0 spiro atoms. The van der Waals surface area contributed by atoms with Gasteiger partial charge in [0.15, 0.2) is 0 Å². The Balaban J connectivity index is 4.32. The Morgan fingerprint density at radius 3 is 1.12 bits per heavy atom. The molecule has 1 heteroatoms. The first-order chi connectivity index (χ1) is 10.8. The van der Waals surface area contributed by atoms with E-state index in [0.717, 1.165) is 0 Å². The van der Waals surface area contributed by atoms with Crippen LogP contribution in [0.4, 0.5) is 0 Å². The Hall–Kier alpha value is -0.850. The first-order valence-corrected chi connectivity index (χ1v) is 9.89. The van der Waals surface area contributed by atoms with Gasteiger partial charge in [-0.1, -0.05) is 96.9 Å². The molecule has 1 aromatic rings. The van der Waals surface area contributed by atoms with Gasteiger partial charge in [0.1, 0.15) is 0 Å². The van der Waals surface area contributed by atoms with Crippen molar-refractivity contribution in [1.29, 1.82) is 0 Å². The highest BCUT2D eigenvalue weighted by Gasteiger charge is 2.39. The molecule has 0 aromatic carbocycles. The summed E-state index contributed by atoms with van der Waals surface area (Å²) in [5.74, 6) is 0.422. The summed E-state index contributed by atoms with van der Waals surface area (Å²) in [6, 6.07) is 0. The molecule has 0 bridgehead atoms. The number of aromatic nitrogens is 1. The van der Waals surface area contributed by atoms with Gasteiger partial charge in [-0.3, -0.25) is 4.98 Å². The molecule has 1 heterocycles. The van der Waals surface area contributed by atoms with Gasteiger partial charge in [0.25, 0.3) is 0 Å². The van der Waals surface area contributed by atoms with Crippen molar-refractivity contribution >= 4 is 0 Å². The lowest BCUT2D eigenvalue weighted by Crippen LogP contribution is -2.35. The van der Waals surface area contributed by atoms with Crippen molar-refractivity contribution in [2.24, 2.45) is 0 Å². The minimum atomic E-state index is 0.0304. The number of pyridine rings is 1. The summed E-state index contributed by atoms with van der Waals surface area (Å²) in [5.41, 5.74) is 7.27. The van der Waals surface area contributed by atoms with Crippen LogP contribution in [0.1, 0.15) is 131 Å². The monoisotopic (exact) mass is 345 g/mol. The third-order valence-electron chi connectivity index (χ3n) is 4.73. The third kappa shape index (κ3) is 4.66. The maximum Gasteiger partial charge on any atom is 0.0500 e. The summed E-state index contributed by atoms with van der Waals surface area (Å²) < 4.78 is 0. The molecule has 0 N–H and O–H groups in total. The maximum absolute atomic E-state index is 5.35. The molecule has 0 unspecified atom stereocenters. The second kappa shape index (κ2) is 6.39. The first kappa shape index (κ1) is 22.2. The van der Waals surface area contributed by atoms with Gasteiger partial charge >= 0.3 is 0 Å². The van der Waals surface area contributed by atoms with E-state index >= 15 is 0 Å². The van der Waals surface area contributed by atoms with Crippen LogP contribution in [0.2, 0.25) is 0 Å². The molecular formula is C24H43N. The molecule has 1 rings (SSSR count). The molecule has 0 amide bonds. The lowest BCUT2D eigenvalue weighted by atomic mass is 9.65. The van der Waals surface area contributed by atoms with E-state index in [9.17, 15) is 0 Å². The summed E-state index contributed by atoms with van der Waals surface area (Å²) in [4.78, 5) is 5.35. The molecule has 0 atom stereocenters. The van der Waals surface area contributed by atoms with Gasteiger partial charge < -0.3 is 0 Å². The molecule has 0 saturated carbocycles. The van der Waals surface area contributed by atoms with Gasteiger partial charge in [-0.05, 0) is 38.9 Å². The Kier molecular flexibility index (Phi) is 5.67. The molecule has 25 heavy (non-hydrogen) atoms. The van der Waals surface area contributed by atoms with Crippen molar-refractivity contribution in [1.82, 2.24) is 4.98 Å². The molecule has 0 aliphatic rings. The van der Waals surface area contributed by atoms with Crippen molar-refractivity contribution in [3.8, 4) is 0 Å². The average Bonchev–Trinajstić information content (AvgIpc) is 2.31. The standard InChI is InChI=1S/C24H43N/c1-15(2)19-17(22(6,7)8)16(21(3,4)5)18(23(9,10)11)20(25-19)24(12,13)14/h15H,1-14H3. The Morgan fingerprint density at radius 1 is 0.520 bits per heavy atom. The van der Waals surface area contributed by atoms with Crippen LogP contribution in [0.3, 0.4) is 0 Å². The minimum absolute atomic E-state index is 0.0304. The highest BCUT2D eigenvalue weighted by atomic mass is 14.8. The molecular weight excluding hydrogens is 302 g/mol. The van der Waals surface area contributed by atoms with Gasteiger partial charge in [0.2, 0.25) is 0 Å². The zero-order chi connectivity index (χ0) is 20.2. The van der Waals surface area contributed by atoms with Crippen molar-refractivity contribution in [2.45, 2.75) is 125 Å². The average molecular weight is 346 g/mol. The molecule has 1 aromatic heterocycles. The van der Waals surface area contributed by atoms with Crippen LogP contribution in [0, 0.1) is 0 Å². The number of nitrogens with zero attached hydrogens (tertiary/aromatic N) is 1. The molecule has 0 aliphatic carbocycles. The normalized spacial score (nSPS) is 14.4. The van der Waals surface area contributed by atoms with Crippen LogP contribution in [0.15, 0.2) is 0 Å². The third-order valence-corrected chi connectivity index (χ3v) is 4.73. The summed E-state index contributed by atoms with van der Waals surface area (Å²) in [6.45, 7) is 32.6. The van der Waals surface area contributed by atoms with E-state index in [4.69, 9.17) is 4.98 Å². The summed E-state index contributed by atoms with van der Waals surface area (Å²) in [7, 11) is 0. The van der Waals surface area contributed by atoms with Gasteiger partial charge in [0, 0.05) is 11.1 Å². The van der Waals surface area contributed by atoms with Crippen LogP contribution < -0.4 is 0 Å². The van der Waals surface area contributed by atoms with Gasteiger partial charge in [-0.25, -0.2) is 0 Å². The smallest absolute Gasteiger partial charge is 0.0500 e. The summed E-state index contributed by atoms with van der Waals surface area (Å²) >= 11 is 0. The second-order valence-corrected chi connectivity index (χ2v) is 12.1. The zero-order valence-electron chi connectivity index (χ0n) is 19.5. The van der Waals surface area contributed by atoms with Gasteiger partial charge in [-0.2, -0.15) is 0 Å². The fourth-order valence-electron chi connectivity index (χ4n) is 3.80. The predicted octanol–water partition coefficient (Wildman–Crippen LogP) is 7.40. The minimum Gasteiger partial charge on any atom is -0.256 e. The molecule has 0 fully saturated rings. The summed E-state index contributed by atoms with van der Waals surface area (Å²) in [5, 5.41) is 0. The lowest BCUT2D eigenvalue weighted by Gasteiger charge is -2.41. The summed E-state index contributed by atoms with van der Waals surface area (Å²) in [6.07, 6.45) is 0. The lowest BCUT2D eigenvalue weighted by molar-refractivity contribution is 0.457. The molecule has 1 nitrogen and oxygen atoms in total. The van der Waals surface area contributed by atoms with E-state index in [2.05, 4.69) is 96.9 Å². The van der Waals surface area contributed by atoms with Crippen LogP contribution in [-0.4, -0.2) is 4.98 Å². The van der Waals surface area contributed by atoms with Gasteiger partial charge in [0.05, 0.1) is 5.69 Å². The van der Waals surface area contributed by atoms with E-state index in [0.29, 0.717) is 5.92 Å². The van der Waals surface area contributed by atoms with Crippen LogP contribution in [0.5, 0.6) is 0 Å². The largest absolute Gasteiger partial charge is 0.256 e. The Bertz CT molecular complexity index is 621. The Morgan fingerprint density at radius 2 is 0.880 bits per heavy atom. The maximum atomic E-state index is 5.35. The van der Waals surface area contributed by atoms with Gasteiger partial charge in [-0.15, -0.1) is 0 Å². The molecule has 0 aliphatic heterocycles. The van der Waals surface area contributed by atoms with Crippen molar-refractivity contribution in [2.75, 3.05) is 0 Å². The van der Waals surface area contributed by atoms with E-state index in [1.54, 1.807) is 0 Å². The fraction of sp³-hybridized carbons (Fsp3) is 0.792. The van der Waals surface area contributed by atoms with Crippen LogP contribution in [-0.2, 0) is 21.7 Å². The topological polar surface area (TPSA) is 12.9 Å². The number of hydrogen-bond acceptors (Lipinski definition) is 1. The van der Waals surface area contributed by atoms with Crippen molar-refractivity contribution in [3.63, 3.8) is 0 Å². The number of hydrogen-bond donors (Lipinski definition) is 0. The quantitative estimate of drug-likeness (QED) is 0.517. The Labute approximate surface area is 158 Å². The first-order valence-electron chi connectivity index (χ1n) is 9.89. The molecule has 0 radical (unpaired) electrons. The number of rotatable bonds is 1. The van der Waals surface area contributed by atoms with Crippen molar-refractivity contribution in [3.05, 3.63) is 28.1 Å². The van der Waals surface area contributed by atoms with E-state index < -0.39 is 0 Å². The van der Waals surface area contributed by atoms with E-state index in [-0.39, 0.29) is 21.7 Å². The molecule has 0 saturated heterocycles. The van der Waals surface area contributed by atoms with Crippen molar-refractivity contribution < 1.29 is 0 Å². The zero-order valence-corrected chi connectivity index (χ0v) is 19.5.